The number of nitrogens with one attached hydrogen (secondary N) is 1. The summed E-state index contributed by atoms with van der Waals surface area (Å²) in [6, 6.07) is 17.4. The van der Waals surface area contributed by atoms with Crippen LogP contribution in [0.15, 0.2) is 54.6 Å². The molecule has 3 aromatic rings. The highest BCUT2D eigenvalue weighted by molar-refractivity contribution is 6.06. The molecule has 0 saturated heterocycles. The third kappa shape index (κ3) is 3.77. The molecule has 0 fully saturated rings. The minimum absolute atomic E-state index is 0.195. The van der Waals surface area contributed by atoms with Gasteiger partial charge in [0.05, 0.1) is 35.8 Å². The summed E-state index contributed by atoms with van der Waals surface area (Å²) in [5, 5.41) is 7.58. The van der Waals surface area contributed by atoms with Crippen LogP contribution in [0.2, 0.25) is 0 Å². The predicted molar refractivity (Wildman–Crippen MR) is 103 cm³/mol. The fourth-order valence-electron chi connectivity index (χ4n) is 2.90. The SMILES string of the molecule is CCOc1ccccc1C(=O)Nc1c(C)nn(Cc2ccccc2)c1C. The zero-order chi connectivity index (χ0) is 18.5. The monoisotopic (exact) mass is 349 g/mol. The van der Waals surface area contributed by atoms with Crippen LogP contribution in [-0.4, -0.2) is 22.3 Å². The van der Waals surface area contributed by atoms with Crippen molar-refractivity contribution in [2.24, 2.45) is 0 Å². The molecule has 3 rings (SSSR count). The first-order valence-corrected chi connectivity index (χ1v) is 8.71. The summed E-state index contributed by atoms with van der Waals surface area (Å²) in [5.41, 5.74) is 4.15. The van der Waals surface area contributed by atoms with Crippen LogP contribution in [0.4, 0.5) is 5.69 Å². The number of carbonyl (C=O) groups excluding carboxylic acids is 1. The van der Waals surface area contributed by atoms with E-state index in [2.05, 4.69) is 22.5 Å². The van der Waals surface area contributed by atoms with Gasteiger partial charge in [-0.25, -0.2) is 0 Å². The largest absolute Gasteiger partial charge is 0.493 e. The van der Waals surface area contributed by atoms with Crippen molar-refractivity contribution in [1.82, 2.24) is 9.78 Å². The number of para-hydroxylation sites is 1. The van der Waals surface area contributed by atoms with Crippen molar-refractivity contribution < 1.29 is 9.53 Å². The average molecular weight is 349 g/mol. The minimum atomic E-state index is -0.195. The lowest BCUT2D eigenvalue weighted by atomic mass is 10.1. The first kappa shape index (κ1) is 17.7. The van der Waals surface area contributed by atoms with Gasteiger partial charge in [-0.1, -0.05) is 42.5 Å². The Morgan fingerprint density at radius 3 is 2.50 bits per heavy atom. The summed E-state index contributed by atoms with van der Waals surface area (Å²) in [4.78, 5) is 12.8. The van der Waals surface area contributed by atoms with Gasteiger partial charge in [0.1, 0.15) is 5.75 Å². The van der Waals surface area contributed by atoms with Gasteiger partial charge in [-0.2, -0.15) is 5.10 Å². The number of hydrogen-bond donors (Lipinski definition) is 1. The van der Waals surface area contributed by atoms with E-state index in [1.165, 1.54) is 0 Å². The Balaban J connectivity index is 1.83. The highest BCUT2D eigenvalue weighted by atomic mass is 16.5. The minimum Gasteiger partial charge on any atom is -0.493 e. The van der Waals surface area contributed by atoms with E-state index in [4.69, 9.17) is 4.74 Å². The lowest BCUT2D eigenvalue weighted by molar-refractivity contribution is 0.102. The molecule has 0 radical (unpaired) electrons. The highest BCUT2D eigenvalue weighted by Crippen LogP contribution is 2.24. The average Bonchev–Trinajstić information content (AvgIpc) is 2.90. The van der Waals surface area contributed by atoms with Crippen LogP contribution in [0, 0.1) is 13.8 Å². The lowest BCUT2D eigenvalue weighted by Crippen LogP contribution is -2.15. The standard InChI is InChI=1S/C21H23N3O2/c1-4-26-19-13-9-8-12-18(19)21(25)22-20-15(2)23-24(16(20)3)14-17-10-6-5-7-11-17/h5-13H,4,14H2,1-3H3,(H,22,25). The highest BCUT2D eigenvalue weighted by Gasteiger charge is 2.17. The van der Waals surface area contributed by atoms with Gasteiger partial charge in [0.2, 0.25) is 0 Å². The van der Waals surface area contributed by atoms with E-state index < -0.39 is 0 Å². The maximum Gasteiger partial charge on any atom is 0.259 e. The van der Waals surface area contributed by atoms with Gasteiger partial charge in [-0.15, -0.1) is 0 Å². The maximum atomic E-state index is 12.8. The summed E-state index contributed by atoms with van der Waals surface area (Å²) in [7, 11) is 0. The second kappa shape index (κ2) is 7.87. The molecule has 5 heteroatoms. The fourth-order valence-corrected chi connectivity index (χ4v) is 2.90. The Labute approximate surface area is 153 Å². The number of hydrogen-bond acceptors (Lipinski definition) is 3. The number of aromatic nitrogens is 2. The van der Waals surface area contributed by atoms with Crippen molar-refractivity contribution in [3.8, 4) is 5.75 Å². The van der Waals surface area contributed by atoms with Gasteiger partial charge in [-0.3, -0.25) is 9.48 Å². The van der Waals surface area contributed by atoms with Crippen molar-refractivity contribution in [2.45, 2.75) is 27.3 Å². The normalized spacial score (nSPS) is 10.6. The van der Waals surface area contributed by atoms with Crippen LogP contribution in [0.1, 0.15) is 34.2 Å². The molecule has 1 N–H and O–H groups in total. The van der Waals surface area contributed by atoms with Crippen LogP contribution >= 0.6 is 0 Å². The van der Waals surface area contributed by atoms with Crippen LogP contribution in [0.3, 0.4) is 0 Å². The molecule has 1 amide bonds. The summed E-state index contributed by atoms with van der Waals surface area (Å²) in [5.74, 6) is 0.388. The number of nitrogens with zero attached hydrogens (tertiary/aromatic N) is 2. The number of ether oxygens (including phenoxy) is 1. The Morgan fingerprint density at radius 1 is 1.08 bits per heavy atom. The molecular weight excluding hydrogens is 326 g/mol. The molecule has 0 bridgehead atoms. The van der Waals surface area contributed by atoms with Crippen LogP contribution in [0.25, 0.3) is 0 Å². The van der Waals surface area contributed by atoms with Crippen molar-refractivity contribution in [1.29, 1.82) is 0 Å². The summed E-state index contributed by atoms with van der Waals surface area (Å²) >= 11 is 0. The zero-order valence-electron chi connectivity index (χ0n) is 15.3. The van der Waals surface area contributed by atoms with E-state index in [1.54, 1.807) is 12.1 Å². The number of rotatable bonds is 6. The van der Waals surface area contributed by atoms with Gasteiger partial charge < -0.3 is 10.1 Å². The molecule has 1 heterocycles. The van der Waals surface area contributed by atoms with E-state index >= 15 is 0 Å². The first-order chi connectivity index (χ1) is 12.6. The molecule has 2 aromatic carbocycles. The van der Waals surface area contributed by atoms with Crippen molar-refractivity contribution >= 4 is 11.6 Å². The number of aryl methyl sites for hydroxylation is 1. The van der Waals surface area contributed by atoms with Crippen molar-refractivity contribution in [3.63, 3.8) is 0 Å². The van der Waals surface area contributed by atoms with Crippen LogP contribution in [-0.2, 0) is 6.54 Å². The predicted octanol–water partition coefficient (Wildman–Crippen LogP) is 4.20. The molecule has 0 aliphatic heterocycles. The molecule has 26 heavy (non-hydrogen) atoms. The Morgan fingerprint density at radius 2 is 1.77 bits per heavy atom. The first-order valence-electron chi connectivity index (χ1n) is 8.71. The van der Waals surface area contributed by atoms with E-state index in [0.29, 0.717) is 24.5 Å². The van der Waals surface area contributed by atoms with Gasteiger partial charge in [0.25, 0.3) is 5.91 Å². The third-order valence-electron chi connectivity index (χ3n) is 4.23. The molecule has 5 nitrogen and oxygen atoms in total. The Hall–Kier alpha value is -3.08. The van der Waals surface area contributed by atoms with E-state index in [0.717, 1.165) is 22.6 Å². The summed E-state index contributed by atoms with van der Waals surface area (Å²) in [6.45, 7) is 6.94. The number of carbonyl (C=O) groups is 1. The fraction of sp³-hybridized carbons (Fsp3) is 0.238. The second-order valence-electron chi connectivity index (χ2n) is 6.07. The third-order valence-corrected chi connectivity index (χ3v) is 4.23. The van der Waals surface area contributed by atoms with Gasteiger partial charge in [0.15, 0.2) is 0 Å². The number of benzene rings is 2. The maximum absolute atomic E-state index is 12.8. The molecule has 0 spiro atoms. The van der Waals surface area contributed by atoms with Crippen LogP contribution < -0.4 is 10.1 Å². The summed E-state index contributed by atoms with van der Waals surface area (Å²) in [6.07, 6.45) is 0. The Kier molecular flexibility index (Phi) is 5.37. The molecule has 0 aliphatic carbocycles. The summed E-state index contributed by atoms with van der Waals surface area (Å²) < 4.78 is 7.47. The molecule has 0 unspecified atom stereocenters. The molecule has 134 valence electrons. The molecule has 0 atom stereocenters. The Bertz CT molecular complexity index is 901. The number of amides is 1. The number of anilines is 1. The van der Waals surface area contributed by atoms with E-state index in [1.807, 2.05) is 55.8 Å². The van der Waals surface area contributed by atoms with Crippen molar-refractivity contribution in [2.75, 3.05) is 11.9 Å². The smallest absolute Gasteiger partial charge is 0.259 e. The van der Waals surface area contributed by atoms with Gasteiger partial charge in [-0.05, 0) is 38.5 Å². The van der Waals surface area contributed by atoms with Gasteiger partial charge in [0, 0.05) is 0 Å². The van der Waals surface area contributed by atoms with E-state index in [9.17, 15) is 4.79 Å². The quantitative estimate of drug-likeness (QED) is 0.726. The zero-order valence-corrected chi connectivity index (χ0v) is 15.3. The molecule has 0 saturated carbocycles. The van der Waals surface area contributed by atoms with Gasteiger partial charge >= 0.3 is 0 Å². The van der Waals surface area contributed by atoms with E-state index in [-0.39, 0.29) is 5.91 Å². The lowest BCUT2D eigenvalue weighted by Gasteiger charge is -2.11. The topological polar surface area (TPSA) is 56.1 Å². The van der Waals surface area contributed by atoms with Crippen molar-refractivity contribution in [3.05, 3.63) is 77.1 Å². The second-order valence-corrected chi connectivity index (χ2v) is 6.07. The van der Waals surface area contributed by atoms with Crippen LogP contribution in [0.5, 0.6) is 5.75 Å². The molecule has 1 aromatic heterocycles. The molecule has 0 aliphatic rings. The molecular formula is C21H23N3O2.